The highest BCUT2D eigenvalue weighted by Gasteiger charge is 2.24. The Morgan fingerprint density at radius 1 is 1.50 bits per heavy atom. The van der Waals surface area contributed by atoms with Crippen LogP contribution >= 0.6 is 18.2 Å². The summed E-state index contributed by atoms with van der Waals surface area (Å²) in [7, 11) is 0. The van der Waals surface area contributed by atoms with E-state index in [0.717, 1.165) is 5.56 Å². The molecule has 100 valence electrons. The SMILES string of the molecule is CC(NOCc1ccccc1)C(=O)OP(=O)(O)Cl. The molecule has 0 radical (unpaired) electrons. The van der Waals surface area contributed by atoms with Crippen LogP contribution < -0.4 is 5.48 Å². The van der Waals surface area contributed by atoms with Crippen molar-refractivity contribution in [2.75, 3.05) is 0 Å². The van der Waals surface area contributed by atoms with Crippen LogP contribution in [0.1, 0.15) is 12.5 Å². The van der Waals surface area contributed by atoms with Crippen molar-refractivity contribution in [3.8, 4) is 0 Å². The first-order chi connectivity index (χ1) is 8.38. The Hall–Kier alpha value is -0.910. The van der Waals surface area contributed by atoms with E-state index < -0.39 is 19.0 Å². The summed E-state index contributed by atoms with van der Waals surface area (Å²) in [4.78, 5) is 24.9. The van der Waals surface area contributed by atoms with Crippen LogP contribution in [0.4, 0.5) is 0 Å². The third kappa shape index (κ3) is 6.14. The molecule has 0 aliphatic rings. The average Bonchev–Trinajstić information content (AvgIpc) is 2.28. The molecule has 1 aromatic rings. The second-order valence-corrected chi connectivity index (χ2v) is 5.84. The summed E-state index contributed by atoms with van der Waals surface area (Å²) in [5.74, 6) is -0.969. The van der Waals surface area contributed by atoms with Crippen LogP contribution in [0.2, 0.25) is 0 Å². The van der Waals surface area contributed by atoms with E-state index >= 15 is 0 Å². The van der Waals surface area contributed by atoms with Gasteiger partial charge in [-0.3, -0.25) is 4.84 Å². The molecule has 1 rings (SSSR count). The summed E-state index contributed by atoms with van der Waals surface area (Å²) in [5, 5.41) is 0. The van der Waals surface area contributed by atoms with E-state index in [-0.39, 0.29) is 6.61 Å². The molecule has 0 heterocycles. The maximum atomic E-state index is 11.2. The van der Waals surface area contributed by atoms with E-state index in [4.69, 9.17) is 21.0 Å². The summed E-state index contributed by atoms with van der Waals surface area (Å²) in [6, 6.07) is 8.37. The number of carbonyl (C=O) groups excluding carboxylic acids is 1. The van der Waals surface area contributed by atoms with Gasteiger partial charge in [-0.05, 0) is 12.5 Å². The van der Waals surface area contributed by atoms with Crippen LogP contribution in [0, 0.1) is 0 Å². The second-order valence-electron chi connectivity index (χ2n) is 3.48. The molecule has 1 aromatic carbocycles. The lowest BCUT2D eigenvalue weighted by atomic mass is 10.2. The van der Waals surface area contributed by atoms with Crippen LogP contribution in [0.5, 0.6) is 0 Å². The second kappa shape index (κ2) is 6.87. The first-order valence-corrected chi connectivity index (χ1v) is 7.54. The summed E-state index contributed by atoms with van der Waals surface area (Å²) in [6.45, 7) is -2.68. The average molecular weight is 294 g/mol. The predicted molar refractivity (Wildman–Crippen MR) is 65.6 cm³/mol. The van der Waals surface area contributed by atoms with Crippen molar-refractivity contribution >= 4 is 24.2 Å². The predicted octanol–water partition coefficient (Wildman–Crippen LogP) is 1.98. The molecule has 0 saturated heterocycles. The fourth-order valence-corrected chi connectivity index (χ4v) is 1.65. The van der Waals surface area contributed by atoms with Crippen LogP contribution in [0.3, 0.4) is 0 Å². The minimum absolute atomic E-state index is 0.246. The van der Waals surface area contributed by atoms with Crippen molar-refractivity contribution in [1.29, 1.82) is 0 Å². The molecule has 6 nitrogen and oxygen atoms in total. The van der Waals surface area contributed by atoms with Crippen molar-refractivity contribution in [1.82, 2.24) is 5.48 Å². The van der Waals surface area contributed by atoms with Gasteiger partial charge in [-0.15, -0.1) is 0 Å². The molecule has 0 aliphatic carbocycles. The van der Waals surface area contributed by atoms with Gasteiger partial charge < -0.3 is 9.42 Å². The topological polar surface area (TPSA) is 84.9 Å². The van der Waals surface area contributed by atoms with Gasteiger partial charge in [0.05, 0.1) is 6.61 Å². The Kier molecular flexibility index (Phi) is 5.78. The van der Waals surface area contributed by atoms with Crippen molar-refractivity contribution in [3.63, 3.8) is 0 Å². The van der Waals surface area contributed by atoms with Gasteiger partial charge >= 0.3 is 12.9 Å². The number of carbonyl (C=O) groups is 1. The van der Waals surface area contributed by atoms with Gasteiger partial charge in [0.15, 0.2) is 0 Å². The highest BCUT2D eigenvalue weighted by Crippen LogP contribution is 2.47. The first-order valence-electron chi connectivity index (χ1n) is 5.05. The van der Waals surface area contributed by atoms with Gasteiger partial charge in [0, 0.05) is 11.2 Å². The van der Waals surface area contributed by atoms with Crippen molar-refractivity contribution in [3.05, 3.63) is 35.9 Å². The number of benzene rings is 1. The third-order valence-corrected chi connectivity index (χ3v) is 2.51. The molecule has 0 aliphatic heterocycles. The van der Waals surface area contributed by atoms with Gasteiger partial charge in [0.2, 0.25) is 0 Å². The molecule has 0 amide bonds. The molecular weight excluding hydrogens is 281 g/mol. The maximum absolute atomic E-state index is 11.2. The van der Waals surface area contributed by atoms with Crippen LogP contribution in [-0.4, -0.2) is 16.9 Å². The fraction of sp³-hybridized carbons (Fsp3) is 0.300. The highest BCUT2D eigenvalue weighted by atomic mass is 35.7. The van der Waals surface area contributed by atoms with E-state index in [2.05, 4.69) is 10.0 Å². The molecule has 2 unspecified atom stereocenters. The Balaban J connectivity index is 2.31. The van der Waals surface area contributed by atoms with Gasteiger partial charge in [-0.2, -0.15) is 5.48 Å². The molecular formula is C10H13ClNO5P. The largest absolute Gasteiger partial charge is 0.476 e. The van der Waals surface area contributed by atoms with Crippen LogP contribution in [0.15, 0.2) is 30.3 Å². The smallest absolute Gasteiger partial charge is 0.379 e. The van der Waals surface area contributed by atoms with E-state index in [1.54, 1.807) is 0 Å². The minimum atomic E-state index is -4.34. The van der Waals surface area contributed by atoms with Crippen LogP contribution in [0.25, 0.3) is 0 Å². The lowest BCUT2D eigenvalue weighted by molar-refractivity contribution is -0.141. The Morgan fingerprint density at radius 2 is 2.11 bits per heavy atom. The van der Waals surface area contributed by atoms with Gasteiger partial charge in [-0.1, -0.05) is 30.3 Å². The molecule has 18 heavy (non-hydrogen) atoms. The van der Waals surface area contributed by atoms with Gasteiger partial charge in [0.25, 0.3) is 0 Å². The maximum Gasteiger partial charge on any atom is 0.476 e. The number of hydrogen-bond donors (Lipinski definition) is 2. The standard InChI is InChI=1S/C10H13ClNO5P/c1-8(10(13)17-18(11,14)15)12-16-7-9-5-3-2-4-6-9/h2-6,8,12H,7H2,1H3,(H,14,15). The molecule has 8 heteroatoms. The summed E-state index contributed by atoms with van der Waals surface area (Å²) < 4.78 is 14.7. The fourth-order valence-electron chi connectivity index (χ4n) is 1.06. The van der Waals surface area contributed by atoms with Crippen molar-refractivity contribution in [2.24, 2.45) is 0 Å². The van der Waals surface area contributed by atoms with E-state index in [1.165, 1.54) is 6.92 Å². The Labute approximate surface area is 109 Å². The quantitative estimate of drug-likeness (QED) is 0.616. The molecule has 0 spiro atoms. The number of hydrogen-bond acceptors (Lipinski definition) is 5. The Morgan fingerprint density at radius 3 is 2.67 bits per heavy atom. The number of nitrogens with one attached hydrogen (secondary N) is 1. The van der Waals surface area contributed by atoms with Crippen molar-refractivity contribution in [2.45, 2.75) is 19.6 Å². The third-order valence-electron chi connectivity index (χ3n) is 1.90. The zero-order valence-corrected chi connectivity index (χ0v) is 11.2. The van der Waals surface area contributed by atoms with E-state index in [0.29, 0.717) is 0 Å². The van der Waals surface area contributed by atoms with Gasteiger partial charge in [-0.25, -0.2) is 9.36 Å². The highest BCUT2D eigenvalue weighted by molar-refractivity contribution is 7.80. The number of halogens is 1. The van der Waals surface area contributed by atoms with Gasteiger partial charge in [0.1, 0.15) is 6.04 Å². The zero-order valence-electron chi connectivity index (χ0n) is 9.58. The summed E-state index contributed by atoms with van der Waals surface area (Å²) in [6.07, 6.45) is 0. The zero-order chi connectivity index (χ0) is 13.6. The molecule has 0 fully saturated rings. The summed E-state index contributed by atoms with van der Waals surface area (Å²) >= 11 is 4.90. The molecule has 0 bridgehead atoms. The van der Waals surface area contributed by atoms with Crippen molar-refractivity contribution < 1.29 is 23.6 Å². The molecule has 0 saturated carbocycles. The lowest BCUT2D eigenvalue weighted by Crippen LogP contribution is -2.34. The molecule has 0 aromatic heterocycles. The normalized spacial score (nSPS) is 15.7. The summed E-state index contributed by atoms with van der Waals surface area (Å²) in [5.41, 5.74) is 3.30. The Bertz CT molecular complexity index is 435. The van der Waals surface area contributed by atoms with E-state index in [9.17, 15) is 9.36 Å². The minimum Gasteiger partial charge on any atom is -0.379 e. The van der Waals surface area contributed by atoms with Crippen LogP contribution in [-0.2, 0) is 25.3 Å². The monoisotopic (exact) mass is 293 g/mol. The first kappa shape index (κ1) is 15.1. The lowest BCUT2D eigenvalue weighted by Gasteiger charge is -2.13. The molecule has 2 atom stereocenters. The molecule has 2 N–H and O–H groups in total. The van der Waals surface area contributed by atoms with E-state index in [1.807, 2.05) is 30.3 Å². The number of rotatable bonds is 6. The number of hydroxylamine groups is 1.